The van der Waals surface area contributed by atoms with Gasteiger partial charge in [-0.05, 0) is 65.6 Å². The van der Waals surface area contributed by atoms with E-state index in [2.05, 4.69) is 5.32 Å². The number of amides is 1. The first kappa shape index (κ1) is 20.1. The molecule has 0 aromatic heterocycles. The molecule has 0 aliphatic carbocycles. The van der Waals surface area contributed by atoms with Crippen LogP contribution < -0.4 is 10.8 Å². The summed E-state index contributed by atoms with van der Waals surface area (Å²) >= 11 is 6.26. The standard InChI is InChI=1S/C18H27BClNO4/c1-16(2,3)23-15(22)21-11-12-10-13(8-9-14(12)20)19-24-17(4,5)18(6,7)25-19/h8-10H,11H2,1-7H3,(H,21,22). The van der Waals surface area contributed by atoms with Crippen LogP contribution in [0.2, 0.25) is 5.02 Å². The third kappa shape index (κ3) is 4.90. The van der Waals surface area contributed by atoms with Crippen LogP contribution >= 0.6 is 11.6 Å². The molecule has 2 rings (SSSR count). The molecule has 0 atom stereocenters. The Morgan fingerprint density at radius 2 is 1.76 bits per heavy atom. The quantitative estimate of drug-likeness (QED) is 0.828. The van der Waals surface area contributed by atoms with Crippen LogP contribution in [-0.4, -0.2) is 30.0 Å². The van der Waals surface area contributed by atoms with Gasteiger partial charge >= 0.3 is 13.2 Å². The van der Waals surface area contributed by atoms with Crippen LogP contribution in [0.25, 0.3) is 0 Å². The summed E-state index contributed by atoms with van der Waals surface area (Å²) in [5.41, 5.74) is 0.278. The highest BCUT2D eigenvalue weighted by Gasteiger charge is 2.51. The first-order valence-electron chi connectivity index (χ1n) is 8.41. The van der Waals surface area contributed by atoms with Gasteiger partial charge in [0.25, 0.3) is 0 Å². The second-order valence-electron chi connectivity index (χ2n) is 8.29. The van der Waals surface area contributed by atoms with Crippen molar-refractivity contribution < 1.29 is 18.8 Å². The Morgan fingerprint density at radius 1 is 1.20 bits per heavy atom. The first-order valence-corrected chi connectivity index (χ1v) is 8.79. The second-order valence-corrected chi connectivity index (χ2v) is 8.70. The fourth-order valence-corrected chi connectivity index (χ4v) is 2.52. The molecule has 0 spiro atoms. The molecule has 1 amide bonds. The molecule has 138 valence electrons. The third-order valence-electron chi connectivity index (χ3n) is 4.42. The van der Waals surface area contributed by atoms with Gasteiger partial charge in [0.15, 0.2) is 0 Å². The van der Waals surface area contributed by atoms with Crippen LogP contribution in [0.4, 0.5) is 4.79 Å². The maximum absolute atomic E-state index is 11.8. The van der Waals surface area contributed by atoms with Gasteiger partial charge < -0.3 is 19.4 Å². The van der Waals surface area contributed by atoms with E-state index in [1.165, 1.54) is 0 Å². The number of hydrogen-bond acceptors (Lipinski definition) is 4. The topological polar surface area (TPSA) is 56.8 Å². The first-order chi connectivity index (χ1) is 11.3. The minimum Gasteiger partial charge on any atom is -0.444 e. The van der Waals surface area contributed by atoms with Crippen LogP contribution in [0.3, 0.4) is 0 Å². The van der Waals surface area contributed by atoms with Crippen LogP contribution in [0.1, 0.15) is 54.0 Å². The largest absolute Gasteiger partial charge is 0.494 e. The Labute approximate surface area is 155 Å². The summed E-state index contributed by atoms with van der Waals surface area (Å²) in [5.74, 6) is 0. The monoisotopic (exact) mass is 367 g/mol. The van der Waals surface area contributed by atoms with Gasteiger partial charge in [-0.25, -0.2) is 4.79 Å². The molecule has 1 aromatic carbocycles. The predicted molar refractivity (Wildman–Crippen MR) is 100 cm³/mol. The van der Waals surface area contributed by atoms with Crippen LogP contribution in [0.5, 0.6) is 0 Å². The lowest BCUT2D eigenvalue weighted by atomic mass is 9.78. The number of carbonyl (C=O) groups excluding carboxylic acids is 1. The molecule has 5 nitrogen and oxygen atoms in total. The molecule has 0 unspecified atom stereocenters. The summed E-state index contributed by atoms with van der Waals surface area (Å²) < 4.78 is 17.4. The summed E-state index contributed by atoms with van der Waals surface area (Å²) in [6.07, 6.45) is -0.482. The summed E-state index contributed by atoms with van der Waals surface area (Å²) in [6, 6.07) is 5.55. The summed E-state index contributed by atoms with van der Waals surface area (Å²) in [5, 5.41) is 3.29. The lowest BCUT2D eigenvalue weighted by molar-refractivity contribution is 0.00578. The van der Waals surface area contributed by atoms with E-state index in [-0.39, 0.29) is 6.54 Å². The van der Waals surface area contributed by atoms with Gasteiger partial charge in [0, 0.05) is 11.6 Å². The van der Waals surface area contributed by atoms with Crippen molar-refractivity contribution in [3.8, 4) is 0 Å². The average molecular weight is 368 g/mol. The number of ether oxygens (including phenoxy) is 1. The Kier molecular flexibility index (Phi) is 5.48. The van der Waals surface area contributed by atoms with Gasteiger partial charge in [-0.2, -0.15) is 0 Å². The maximum atomic E-state index is 11.8. The minimum atomic E-state index is -0.543. The van der Waals surface area contributed by atoms with Gasteiger partial charge in [0.2, 0.25) is 0 Å². The van der Waals surface area contributed by atoms with Crippen LogP contribution in [0, 0.1) is 0 Å². The zero-order valence-electron chi connectivity index (χ0n) is 16.0. The van der Waals surface area contributed by atoms with E-state index in [0.29, 0.717) is 5.02 Å². The van der Waals surface area contributed by atoms with E-state index in [4.69, 9.17) is 25.6 Å². The third-order valence-corrected chi connectivity index (χ3v) is 4.79. The van der Waals surface area contributed by atoms with Crippen LogP contribution in [0.15, 0.2) is 18.2 Å². The number of carbonyl (C=O) groups is 1. The minimum absolute atomic E-state index is 0.265. The van der Waals surface area contributed by atoms with E-state index in [1.807, 2.05) is 60.6 Å². The number of alkyl carbamates (subject to hydrolysis) is 1. The van der Waals surface area contributed by atoms with Crippen molar-refractivity contribution in [2.45, 2.75) is 71.8 Å². The predicted octanol–water partition coefficient (Wildman–Crippen LogP) is 3.66. The summed E-state index contributed by atoms with van der Waals surface area (Å²) in [6.45, 7) is 13.8. The average Bonchev–Trinajstić information content (AvgIpc) is 2.64. The maximum Gasteiger partial charge on any atom is 0.494 e. The Morgan fingerprint density at radius 3 is 2.28 bits per heavy atom. The molecule has 0 saturated carbocycles. The molecule has 1 heterocycles. The number of hydrogen-bond donors (Lipinski definition) is 1. The SMILES string of the molecule is CC(C)(C)OC(=O)NCc1cc(B2OC(C)(C)C(C)(C)O2)ccc1Cl. The Hall–Kier alpha value is -1.24. The lowest BCUT2D eigenvalue weighted by Gasteiger charge is -2.32. The highest BCUT2D eigenvalue weighted by atomic mass is 35.5. The van der Waals surface area contributed by atoms with Crippen molar-refractivity contribution >= 4 is 30.3 Å². The van der Waals surface area contributed by atoms with Gasteiger partial charge in [0.1, 0.15) is 5.60 Å². The molecule has 0 radical (unpaired) electrons. The van der Waals surface area contributed by atoms with E-state index in [0.717, 1.165) is 11.0 Å². The van der Waals surface area contributed by atoms with Gasteiger partial charge in [-0.15, -0.1) is 0 Å². The van der Waals surface area contributed by atoms with E-state index >= 15 is 0 Å². The van der Waals surface area contributed by atoms with Gasteiger partial charge in [0.05, 0.1) is 11.2 Å². The number of benzene rings is 1. The van der Waals surface area contributed by atoms with Gasteiger partial charge in [-0.3, -0.25) is 0 Å². The number of rotatable bonds is 3. The molecule has 25 heavy (non-hydrogen) atoms. The van der Waals surface area contributed by atoms with Crippen molar-refractivity contribution in [1.82, 2.24) is 5.32 Å². The fraction of sp³-hybridized carbons (Fsp3) is 0.611. The van der Waals surface area contributed by atoms with Crippen molar-refractivity contribution in [3.05, 3.63) is 28.8 Å². The van der Waals surface area contributed by atoms with Crippen molar-refractivity contribution in [2.75, 3.05) is 0 Å². The molecule has 1 N–H and O–H groups in total. The normalized spacial score (nSPS) is 19.0. The summed E-state index contributed by atoms with van der Waals surface area (Å²) in [4.78, 5) is 11.8. The zero-order chi connectivity index (χ0) is 19.0. The Balaban J connectivity index is 2.10. The molecule has 1 aliphatic rings. The Bertz CT molecular complexity index is 639. The van der Waals surface area contributed by atoms with E-state index in [9.17, 15) is 4.79 Å². The smallest absolute Gasteiger partial charge is 0.444 e. The van der Waals surface area contributed by atoms with Crippen LogP contribution in [-0.2, 0) is 20.6 Å². The highest BCUT2D eigenvalue weighted by molar-refractivity contribution is 6.62. The van der Waals surface area contributed by atoms with E-state index in [1.54, 1.807) is 6.07 Å². The highest BCUT2D eigenvalue weighted by Crippen LogP contribution is 2.36. The van der Waals surface area contributed by atoms with E-state index < -0.39 is 30.0 Å². The summed E-state index contributed by atoms with van der Waals surface area (Å²) in [7, 11) is -0.470. The fourth-order valence-electron chi connectivity index (χ4n) is 2.34. The van der Waals surface area contributed by atoms with Crippen molar-refractivity contribution in [1.29, 1.82) is 0 Å². The van der Waals surface area contributed by atoms with Crippen molar-refractivity contribution in [2.24, 2.45) is 0 Å². The molecule has 1 aromatic rings. The molecule has 7 heteroatoms. The lowest BCUT2D eigenvalue weighted by Crippen LogP contribution is -2.41. The molecule has 1 aliphatic heterocycles. The zero-order valence-corrected chi connectivity index (χ0v) is 16.8. The molecule has 1 saturated heterocycles. The van der Waals surface area contributed by atoms with Gasteiger partial charge in [-0.1, -0.05) is 23.7 Å². The second kappa shape index (κ2) is 6.82. The number of nitrogens with one attached hydrogen (secondary N) is 1. The molecule has 0 bridgehead atoms. The molecule has 1 fully saturated rings. The van der Waals surface area contributed by atoms with Crippen molar-refractivity contribution in [3.63, 3.8) is 0 Å². The molecular formula is C18H27BClNO4. The molecular weight excluding hydrogens is 340 g/mol. The number of halogens is 1.